The molecule has 2 aromatic heterocycles. The normalized spacial score (nSPS) is 15.3. The van der Waals surface area contributed by atoms with Crippen LogP contribution in [0.5, 0.6) is 0 Å². The maximum Gasteiger partial charge on any atom is 0.405 e. The van der Waals surface area contributed by atoms with Gasteiger partial charge in [-0.05, 0) is 38.2 Å². The average Bonchev–Trinajstić information content (AvgIpc) is 3.03. The van der Waals surface area contributed by atoms with Crippen LogP contribution in [-0.2, 0) is 28.9 Å². The Morgan fingerprint density at radius 3 is 2.79 bits per heavy atom. The molecule has 1 aliphatic carbocycles. The van der Waals surface area contributed by atoms with Crippen LogP contribution in [-0.4, -0.2) is 47.1 Å². The minimum atomic E-state index is -4.48. The number of carbonyl (C=O) groups is 1. The second-order valence-corrected chi connectivity index (χ2v) is 9.22. The van der Waals surface area contributed by atoms with Gasteiger partial charge in [-0.15, -0.1) is 11.3 Å². The lowest BCUT2D eigenvalue weighted by atomic mass is 9.97. The first-order valence-electron chi connectivity index (χ1n) is 9.26. The molecule has 0 radical (unpaired) electrons. The summed E-state index contributed by atoms with van der Waals surface area (Å²) in [7, 11) is 1.52. The van der Waals surface area contributed by atoms with E-state index < -0.39 is 23.9 Å². The van der Waals surface area contributed by atoms with E-state index in [1.165, 1.54) is 34.8 Å². The lowest BCUT2D eigenvalue weighted by Gasteiger charge is -2.16. The fraction of sp³-hybridized carbons (Fsp3) is 0.611. The van der Waals surface area contributed by atoms with E-state index in [0.29, 0.717) is 15.4 Å². The van der Waals surface area contributed by atoms with Crippen LogP contribution in [0.4, 0.5) is 13.2 Å². The van der Waals surface area contributed by atoms with Gasteiger partial charge in [0.15, 0.2) is 5.16 Å². The number of fused-ring (bicyclic) bond motifs is 3. The minimum absolute atomic E-state index is 0.183. The van der Waals surface area contributed by atoms with Gasteiger partial charge in [0.25, 0.3) is 5.56 Å². The highest BCUT2D eigenvalue weighted by molar-refractivity contribution is 8.00. The molecule has 1 N–H and O–H groups in total. The van der Waals surface area contributed by atoms with Crippen LogP contribution in [0, 0.1) is 0 Å². The molecule has 0 saturated heterocycles. The molecule has 3 rings (SSSR count). The molecule has 160 valence electrons. The van der Waals surface area contributed by atoms with E-state index in [1.807, 2.05) is 5.32 Å². The van der Waals surface area contributed by atoms with Gasteiger partial charge >= 0.3 is 6.18 Å². The SMILES string of the molecule is COCCn1c(SC(C)C(=O)NCC(F)(F)F)nc2sc3c(c2c1=O)CCCC3. The number of aryl methyl sites for hydroxylation is 2. The fourth-order valence-corrected chi connectivity index (χ4v) is 5.49. The molecule has 0 saturated carbocycles. The zero-order chi connectivity index (χ0) is 21.2. The van der Waals surface area contributed by atoms with Crippen molar-refractivity contribution < 1.29 is 22.7 Å². The van der Waals surface area contributed by atoms with E-state index >= 15 is 0 Å². The molecular formula is C18H22F3N3O3S2. The van der Waals surface area contributed by atoms with Gasteiger partial charge in [-0.25, -0.2) is 4.98 Å². The van der Waals surface area contributed by atoms with Crippen molar-refractivity contribution in [2.75, 3.05) is 20.3 Å². The molecule has 29 heavy (non-hydrogen) atoms. The van der Waals surface area contributed by atoms with Crippen LogP contribution in [0.1, 0.15) is 30.2 Å². The van der Waals surface area contributed by atoms with Crippen molar-refractivity contribution >= 4 is 39.2 Å². The molecule has 0 fully saturated rings. The van der Waals surface area contributed by atoms with E-state index in [-0.39, 0.29) is 18.7 Å². The number of nitrogens with one attached hydrogen (secondary N) is 1. The number of hydrogen-bond acceptors (Lipinski definition) is 6. The number of methoxy groups -OCH3 is 1. The summed E-state index contributed by atoms with van der Waals surface area (Å²) in [5.41, 5.74) is 0.879. The highest BCUT2D eigenvalue weighted by atomic mass is 32.2. The summed E-state index contributed by atoms with van der Waals surface area (Å²) in [4.78, 5) is 31.7. The van der Waals surface area contributed by atoms with Gasteiger partial charge < -0.3 is 10.1 Å². The quantitative estimate of drug-likeness (QED) is 0.519. The van der Waals surface area contributed by atoms with Crippen molar-refractivity contribution in [3.05, 3.63) is 20.8 Å². The van der Waals surface area contributed by atoms with Gasteiger partial charge in [0.1, 0.15) is 11.4 Å². The maximum atomic E-state index is 13.2. The maximum absolute atomic E-state index is 13.2. The molecule has 1 atom stereocenters. The summed E-state index contributed by atoms with van der Waals surface area (Å²) >= 11 is 2.47. The molecule has 1 amide bonds. The third-order valence-corrected chi connectivity index (χ3v) is 6.95. The number of rotatable bonds is 7. The number of nitrogens with zero attached hydrogens (tertiary/aromatic N) is 2. The number of hydrogen-bond donors (Lipinski definition) is 1. The number of thiophene rings is 1. The Kier molecular flexibility index (Phi) is 6.90. The topological polar surface area (TPSA) is 73.2 Å². The second-order valence-electron chi connectivity index (χ2n) is 6.83. The first-order chi connectivity index (χ1) is 13.7. The van der Waals surface area contributed by atoms with Gasteiger partial charge in [0, 0.05) is 12.0 Å². The lowest BCUT2D eigenvalue weighted by Crippen LogP contribution is -2.38. The molecule has 1 aliphatic rings. The van der Waals surface area contributed by atoms with Crippen LogP contribution in [0.3, 0.4) is 0 Å². The Bertz CT molecular complexity index is 956. The van der Waals surface area contributed by atoms with Gasteiger partial charge in [-0.1, -0.05) is 11.8 Å². The Morgan fingerprint density at radius 1 is 1.38 bits per heavy atom. The van der Waals surface area contributed by atoms with Gasteiger partial charge in [0.05, 0.1) is 23.8 Å². The summed E-state index contributed by atoms with van der Waals surface area (Å²) in [5.74, 6) is -0.759. The van der Waals surface area contributed by atoms with Crippen LogP contribution in [0.15, 0.2) is 9.95 Å². The number of carbonyl (C=O) groups excluding carboxylic acids is 1. The smallest absolute Gasteiger partial charge is 0.383 e. The van der Waals surface area contributed by atoms with Crippen molar-refractivity contribution in [3.8, 4) is 0 Å². The zero-order valence-electron chi connectivity index (χ0n) is 16.1. The molecule has 0 bridgehead atoms. The molecule has 2 aromatic rings. The Labute approximate surface area is 173 Å². The largest absolute Gasteiger partial charge is 0.405 e. The Balaban J connectivity index is 1.93. The van der Waals surface area contributed by atoms with Gasteiger partial charge in [-0.2, -0.15) is 13.2 Å². The number of ether oxygens (including phenoxy) is 1. The summed E-state index contributed by atoms with van der Waals surface area (Å²) in [5, 5.41) is 1.97. The van der Waals surface area contributed by atoms with E-state index in [9.17, 15) is 22.8 Å². The van der Waals surface area contributed by atoms with Crippen molar-refractivity contribution in [1.82, 2.24) is 14.9 Å². The van der Waals surface area contributed by atoms with Crippen LogP contribution >= 0.6 is 23.1 Å². The van der Waals surface area contributed by atoms with Crippen molar-refractivity contribution in [3.63, 3.8) is 0 Å². The number of amides is 1. The first-order valence-corrected chi connectivity index (χ1v) is 11.0. The standard InChI is InChI=1S/C18H22F3N3O3S2/c1-10(14(25)22-9-18(19,20)21)28-17-23-15-13(16(26)24(17)7-8-27-2)11-5-3-4-6-12(11)29-15/h10H,3-9H2,1-2H3,(H,22,25). The lowest BCUT2D eigenvalue weighted by molar-refractivity contribution is -0.137. The highest BCUT2D eigenvalue weighted by Crippen LogP contribution is 2.35. The number of aromatic nitrogens is 2. The summed E-state index contributed by atoms with van der Waals surface area (Å²) < 4.78 is 43.6. The van der Waals surface area contributed by atoms with Crippen LogP contribution in [0.2, 0.25) is 0 Å². The van der Waals surface area contributed by atoms with E-state index in [1.54, 1.807) is 0 Å². The van der Waals surface area contributed by atoms with E-state index in [0.717, 1.165) is 43.0 Å². The predicted molar refractivity (Wildman–Crippen MR) is 107 cm³/mol. The van der Waals surface area contributed by atoms with E-state index in [4.69, 9.17) is 4.74 Å². The monoisotopic (exact) mass is 449 g/mol. The van der Waals surface area contributed by atoms with Gasteiger partial charge in [-0.3, -0.25) is 14.2 Å². The fourth-order valence-electron chi connectivity index (χ4n) is 3.23. The molecule has 1 unspecified atom stereocenters. The third kappa shape index (κ3) is 5.13. The first kappa shape index (κ1) is 22.1. The highest BCUT2D eigenvalue weighted by Gasteiger charge is 2.29. The number of thioether (sulfide) groups is 1. The molecule has 0 spiro atoms. The molecular weight excluding hydrogens is 427 g/mol. The summed E-state index contributed by atoms with van der Waals surface area (Å²) in [6.07, 6.45) is -0.599. The molecule has 11 heteroatoms. The van der Waals surface area contributed by atoms with Gasteiger partial charge in [0.2, 0.25) is 5.91 Å². The summed E-state index contributed by atoms with van der Waals surface area (Å²) in [6.45, 7) is 0.633. The molecule has 0 aromatic carbocycles. The number of alkyl halides is 3. The second kappa shape index (κ2) is 9.05. The zero-order valence-corrected chi connectivity index (χ0v) is 17.7. The van der Waals surface area contributed by atoms with Crippen molar-refractivity contribution in [2.24, 2.45) is 0 Å². The molecule has 6 nitrogen and oxygen atoms in total. The van der Waals surface area contributed by atoms with Crippen molar-refractivity contribution in [1.29, 1.82) is 0 Å². The minimum Gasteiger partial charge on any atom is -0.383 e. The Hall–Kier alpha value is -1.59. The Morgan fingerprint density at radius 2 is 2.10 bits per heavy atom. The number of halogens is 3. The molecule has 0 aliphatic heterocycles. The van der Waals surface area contributed by atoms with Crippen LogP contribution in [0.25, 0.3) is 10.2 Å². The van der Waals surface area contributed by atoms with Crippen LogP contribution < -0.4 is 10.9 Å². The third-order valence-electron chi connectivity index (χ3n) is 4.67. The summed E-state index contributed by atoms with van der Waals surface area (Å²) in [6, 6.07) is 0. The average molecular weight is 450 g/mol. The predicted octanol–water partition coefficient (Wildman–Crippen LogP) is 3.14. The molecule has 2 heterocycles. The van der Waals surface area contributed by atoms with Crippen molar-refractivity contribution in [2.45, 2.75) is 55.7 Å². The van der Waals surface area contributed by atoms with E-state index in [2.05, 4.69) is 4.98 Å².